The Morgan fingerprint density at radius 2 is 0.864 bits per heavy atom. The summed E-state index contributed by atoms with van der Waals surface area (Å²) < 4.78 is 0. The highest BCUT2D eigenvalue weighted by Gasteiger charge is 2.45. The van der Waals surface area contributed by atoms with Crippen LogP contribution in [0.15, 0.2) is 0 Å². The quantitative estimate of drug-likeness (QED) is 0.464. The Morgan fingerprint density at radius 1 is 0.455 bits per heavy atom. The Kier molecular flexibility index (Phi) is 5.81. The maximum atomic E-state index is 1.64. The minimum Gasteiger partial charge on any atom is -0.0741 e. The van der Waals surface area contributed by atoms with Gasteiger partial charge in [-0.1, -0.05) is 66.6 Å². The number of fused-ring (bicyclic) bond motifs is 2. The molecule has 2 saturated carbocycles. The van der Waals surface area contributed by atoms with Crippen LogP contribution in [0.25, 0.3) is 0 Å². The van der Waals surface area contributed by atoms with E-state index in [1.165, 1.54) is 22.6 Å². The van der Waals surface area contributed by atoms with Crippen molar-refractivity contribution in [2.24, 2.45) is 0 Å². The van der Waals surface area contributed by atoms with Crippen LogP contribution in [0.5, 0.6) is 0 Å². The molecule has 2 aliphatic carbocycles. The van der Waals surface area contributed by atoms with E-state index in [1.807, 2.05) is 0 Å². The van der Waals surface area contributed by atoms with Gasteiger partial charge in [-0.3, -0.25) is 0 Å². The van der Waals surface area contributed by atoms with Gasteiger partial charge in [-0.25, -0.2) is 0 Å². The van der Waals surface area contributed by atoms with Crippen LogP contribution in [-0.2, 0) is 0 Å². The molecule has 22 heavy (non-hydrogen) atoms. The van der Waals surface area contributed by atoms with Crippen molar-refractivity contribution in [3.63, 3.8) is 0 Å². The topological polar surface area (TPSA) is 0 Å². The van der Waals surface area contributed by atoms with Crippen LogP contribution in [0.4, 0.5) is 0 Å². The number of hydrogen-bond acceptors (Lipinski definition) is 0. The first-order valence-corrected chi connectivity index (χ1v) is 14.2. The van der Waals surface area contributed by atoms with E-state index < -0.39 is 0 Å². The average Bonchev–Trinajstić information content (AvgIpc) is 2.57. The molecule has 0 aromatic heterocycles. The summed E-state index contributed by atoms with van der Waals surface area (Å²) in [6.07, 6.45) is 25.7. The minimum absolute atomic E-state index is 0.416. The molecule has 126 valence electrons. The van der Waals surface area contributed by atoms with Crippen LogP contribution in [0, 0.1) is 0 Å². The van der Waals surface area contributed by atoms with E-state index in [1.54, 1.807) is 103 Å². The van der Waals surface area contributed by atoms with Crippen molar-refractivity contribution in [1.82, 2.24) is 0 Å². The summed E-state index contributed by atoms with van der Waals surface area (Å²) in [5.41, 5.74) is 4.91. The fourth-order valence-corrected chi connectivity index (χ4v) is 19.6. The average molecular weight is 338 g/mol. The van der Waals surface area contributed by atoms with E-state index >= 15 is 0 Å². The van der Waals surface area contributed by atoms with Gasteiger partial charge in [0.15, 0.2) is 0 Å². The zero-order valence-electron chi connectivity index (χ0n) is 14.5. The highest BCUT2D eigenvalue weighted by Crippen LogP contribution is 2.84. The second-order valence-corrected chi connectivity index (χ2v) is 15.7. The van der Waals surface area contributed by atoms with Gasteiger partial charge in [-0.05, 0) is 74.0 Å². The van der Waals surface area contributed by atoms with Crippen LogP contribution in [-0.4, -0.2) is 22.6 Å². The summed E-state index contributed by atoms with van der Waals surface area (Å²) in [5.74, 6) is 0. The van der Waals surface area contributed by atoms with E-state index in [4.69, 9.17) is 0 Å². The molecule has 4 rings (SSSR count). The van der Waals surface area contributed by atoms with Gasteiger partial charge in [-0.15, -0.1) is 0 Å². The zero-order valence-corrected chi connectivity index (χ0v) is 16.3. The van der Waals surface area contributed by atoms with Crippen molar-refractivity contribution in [2.45, 2.75) is 125 Å². The van der Waals surface area contributed by atoms with Crippen LogP contribution in [0.2, 0.25) is 0 Å². The van der Waals surface area contributed by atoms with Crippen LogP contribution < -0.4 is 0 Å². The molecule has 0 nitrogen and oxygen atoms in total. The number of hydrogen-bond donors (Lipinski definition) is 0. The van der Waals surface area contributed by atoms with Gasteiger partial charge in [0, 0.05) is 0 Å². The highest BCUT2D eigenvalue weighted by molar-refractivity contribution is 8.31. The molecule has 0 unspecified atom stereocenters. The van der Waals surface area contributed by atoms with Crippen molar-refractivity contribution in [2.75, 3.05) is 0 Å². The van der Waals surface area contributed by atoms with E-state index in [0.29, 0.717) is 15.2 Å². The van der Waals surface area contributed by atoms with Crippen LogP contribution >= 0.6 is 15.2 Å². The first-order chi connectivity index (χ1) is 10.9. The SMILES string of the molecule is C1CCC(P(C2CCCCC2)P2C3CCCC2CCC3)CC1. The Balaban J connectivity index is 1.57. The summed E-state index contributed by atoms with van der Waals surface area (Å²) >= 11 is 0. The molecule has 0 aromatic rings. The van der Waals surface area contributed by atoms with Crippen molar-refractivity contribution in [3.8, 4) is 0 Å². The molecule has 0 amide bonds. The highest BCUT2D eigenvalue weighted by atomic mass is 32.1. The molecule has 2 aliphatic heterocycles. The molecule has 2 heterocycles. The van der Waals surface area contributed by atoms with E-state index in [-0.39, 0.29) is 0 Å². The van der Waals surface area contributed by atoms with Gasteiger partial charge < -0.3 is 0 Å². The monoisotopic (exact) mass is 338 g/mol. The third-order valence-corrected chi connectivity index (χ3v) is 18.2. The Bertz CT molecular complexity index is 304. The molecule has 0 radical (unpaired) electrons. The molecule has 2 bridgehead atoms. The van der Waals surface area contributed by atoms with Gasteiger partial charge in [0.2, 0.25) is 0 Å². The summed E-state index contributed by atoms with van der Waals surface area (Å²) in [6, 6.07) is 0. The molecular weight excluding hydrogens is 302 g/mol. The minimum atomic E-state index is 0.416. The largest absolute Gasteiger partial charge is 0.0741 e. The fraction of sp³-hybridized carbons (Fsp3) is 1.00. The zero-order chi connectivity index (χ0) is 14.8. The van der Waals surface area contributed by atoms with E-state index in [9.17, 15) is 0 Å². The Morgan fingerprint density at radius 3 is 1.27 bits per heavy atom. The summed E-state index contributed by atoms with van der Waals surface area (Å²) in [5, 5.41) is 0. The van der Waals surface area contributed by atoms with Crippen LogP contribution in [0.1, 0.15) is 103 Å². The number of rotatable bonds is 3. The Labute approximate surface area is 141 Å². The predicted octanol–water partition coefficient (Wildman–Crippen LogP) is 7.64. The smallest absolute Gasteiger partial charge is 0.0168 e. The van der Waals surface area contributed by atoms with Crippen molar-refractivity contribution in [1.29, 1.82) is 0 Å². The lowest BCUT2D eigenvalue weighted by atomic mass is 9.99. The van der Waals surface area contributed by atoms with Gasteiger partial charge >= 0.3 is 0 Å². The lowest BCUT2D eigenvalue weighted by molar-refractivity contribution is 0.473. The van der Waals surface area contributed by atoms with Gasteiger partial charge in [0.25, 0.3) is 0 Å². The van der Waals surface area contributed by atoms with Crippen molar-refractivity contribution >= 4 is 15.2 Å². The lowest BCUT2D eigenvalue weighted by Gasteiger charge is -2.53. The van der Waals surface area contributed by atoms with Gasteiger partial charge in [-0.2, -0.15) is 0 Å². The normalized spacial score (nSPS) is 38.3. The lowest BCUT2D eigenvalue weighted by Crippen LogP contribution is -2.30. The summed E-state index contributed by atoms with van der Waals surface area (Å²) in [6.45, 7) is 0. The summed E-state index contributed by atoms with van der Waals surface area (Å²) in [4.78, 5) is 0. The maximum Gasteiger partial charge on any atom is -0.0168 e. The molecule has 0 aromatic carbocycles. The molecule has 2 saturated heterocycles. The second kappa shape index (κ2) is 7.83. The van der Waals surface area contributed by atoms with Crippen LogP contribution in [0.3, 0.4) is 0 Å². The standard InChI is InChI=1S/C20H36P2/c1-3-9-17(10-4-1)21(18-11-5-2-6-12-18)22-19-13-7-14-20(22)16-8-15-19/h17-20H,1-16H2. The third kappa shape index (κ3) is 3.45. The second-order valence-electron chi connectivity index (χ2n) is 8.51. The molecule has 4 fully saturated rings. The molecule has 2 heteroatoms. The fourth-order valence-electron chi connectivity index (χ4n) is 6.04. The first kappa shape index (κ1) is 16.3. The van der Waals surface area contributed by atoms with Gasteiger partial charge in [0.05, 0.1) is 0 Å². The summed E-state index contributed by atoms with van der Waals surface area (Å²) in [7, 11) is 0.862. The molecule has 0 N–H and O–H groups in total. The van der Waals surface area contributed by atoms with E-state index in [0.717, 1.165) is 0 Å². The first-order valence-electron chi connectivity index (χ1n) is 10.5. The molecule has 4 aliphatic rings. The molecular formula is C20H36P2. The maximum absolute atomic E-state index is 1.64. The molecule has 0 spiro atoms. The predicted molar refractivity (Wildman–Crippen MR) is 103 cm³/mol. The van der Waals surface area contributed by atoms with E-state index in [2.05, 4.69) is 0 Å². The van der Waals surface area contributed by atoms with Crippen molar-refractivity contribution in [3.05, 3.63) is 0 Å². The van der Waals surface area contributed by atoms with Crippen molar-refractivity contribution < 1.29 is 0 Å². The molecule has 0 atom stereocenters. The third-order valence-electron chi connectivity index (χ3n) is 7.06. The Hall–Kier alpha value is 0.860. The van der Waals surface area contributed by atoms with Gasteiger partial charge in [0.1, 0.15) is 0 Å².